The number of methoxy groups -OCH3 is 1. The molecule has 2 saturated heterocycles. The molecule has 2 fully saturated rings. The van der Waals surface area contributed by atoms with Crippen molar-refractivity contribution in [1.82, 2.24) is 20.4 Å². The Morgan fingerprint density at radius 1 is 1.29 bits per heavy atom. The average Bonchev–Trinajstić information content (AvgIpc) is 3.17. The maximum atomic E-state index is 12.5. The molecule has 0 spiro atoms. The van der Waals surface area contributed by atoms with Crippen molar-refractivity contribution in [2.24, 2.45) is 10.9 Å². The van der Waals surface area contributed by atoms with Crippen LogP contribution in [0.4, 0.5) is 0 Å². The second-order valence-corrected chi connectivity index (χ2v) is 7.23. The van der Waals surface area contributed by atoms with Gasteiger partial charge in [-0.25, -0.2) is 0 Å². The molecule has 3 rings (SSSR count). The molecule has 2 aliphatic rings. The predicted molar refractivity (Wildman–Crippen MR) is 107 cm³/mol. The fraction of sp³-hybridized carbons (Fsp3) is 0.550. The number of benzene rings is 1. The molecule has 28 heavy (non-hydrogen) atoms. The van der Waals surface area contributed by atoms with E-state index in [9.17, 15) is 9.59 Å². The third kappa shape index (κ3) is 5.01. The zero-order chi connectivity index (χ0) is 19.9. The number of carbonyl (C=O) groups is 2. The number of aliphatic imine (C=N–C) groups is 1. The van der Waals surface area contributed by atoms with Crippen LogP contribution in [0.1, 0.15) is 22.3 Å². The minimum absolute atomic E-state index is 0.105. The maximum Gasteiger partial charge on any atom is 0.254 e. The van der Waals surface area contributed by atoms with Crippen LogP contribution in [0.3, 0.4) is 0 Å². The Morgan fingerprint density at radius 3 is 2.75 bits per heavy atom. The van der Waals surface area contributed by atoms with E-state index in [1.165, 1.54) is 0 Å². The SMILES string of the molecule is CN=C(NCc1ccc(C(=O)N2CCNC(=O)C2)cc1)N1CCC(COC)C1. The van der Waals surface area contributed by atoms with E-state index < -0.39 is 0 Å². The van der Waals surface area contributed by atoms with Gasteiger partial charge < -0.3 is 25.2 Å². The van der Waals surface area contributed by atoms with Gasteiger partial charge in [0.25, 0.3) is 5.91 Å². The van der Waals surface area contributed by atoms with Crippen LogP contribution in [0.2, 0.25) is 0 Å². The van der Waals surface area contributed by atoms with Gasteiger partial charge in [0.1, 0.15) is 0 Å². The Balaban J connectivity index is 1.52. The standard InChI is InChI=1S/C20H29N5O3/c1-21-20(25-9-7-16(12-25)14-28-2)23-11-15-3-5-17(6-4-15)19(27)24-10-8-22-18(26)13-24/h3-6,16H,7-14H2,1-2H3,(H,21,23)(H,22,26). The van der Waals surface area contributed by atoms with E-state index >= 15 is 0 Å². The lowest BCUT2D eigenvalue weighted by atomic mass is 10.1. The first-order valence-corrected chi connectivity index (χ1v) is 9.70. The fourth-order valence-corrected chi connectivity index (χ4v) is 3.67. The summed E-state index contributed by atoms with van der Waals surface area (Å²) in [5.41, 5.74) is 1.67. The van der Waals surface area contributed by atoms with Crippen molar-refractivity contribution < 1.29 is 14.3 Å². The summed E-state index contributed by atoms with van der Waals surface area (Å²) in [6.07, 6.45) is 1.11. The Labute approximate surface area is 165 Å². The Bertz CT molecular complexity index is 719. The average molecular weight is 387 g/mol. The van der Waals surface area contributed by atoms with Crippen LogP contribution < -0.4 is 10.6 Å². The van der Waals surface area contributed by atoms with E-state index in [0.29, 0.717) is 31.1 Å². The van der Waals surface area contributed by atoms with Gasteiger partial charge >= 0.3 is 0 Å². The highest BCUT2D eigenvalue weighted by molar-refractivity contribution is 5.97. The largest absolute Gasteiger partial charge is 0.384 e. The van der Waals surface area contributed by atoms with Crippen LogP contribution in [-0.2, 0) is 16.1 Å². The van der Waals surface area contributed by atoms with Gasteiger partial charge in [-0.3, -0.25) is 14.6 Å². The monoisotopic (exact) mass is 387 g/mol. The molecule has 0 aromatic heterocycles. The first-order valence-electron chi connectivity index (χ1n) is 9.70. The molecule has 1 unspecified atom stereocenters. The summed E-state index contributed by atoms with van der Waals surface area (Å²) in [5, 5.41) is 6.12. The first kappa shape index (κ1) is 20.1. The number of hydrogen-bond donors (Lipinski definition) is 2. The number of carbonyl (C=O) groups excluding carboxylic acids is 2. The van der Waals surface area contributed by atoms with Crippen molar-refractivity contribution in [2.75, 3.05) is 53.5 Å². The molecule has 1 atom stereocenters. The van der Waals surface area contributed by atoms with Gasteiger partial charge in [0.05, 0.1) is 13.2 Å². The number of nitrogens with one attached hydrogen (secondary N) is 2. The van der Waals surface area contributed by atoms with Gasteiger partial charge in [-0.05, 0) is 24.1 Å². The number of nitrogens with zero attached hydrogens (tertiary/aromatic N) is 3. The molecular weight excluding hydrogens is 358 g/mol. The quantitative estimate of drug-likeness (QED) is 0.561. The van der Waals surface area contributed by atoms with Crippen LogP contribution in [0.15, 0.2) is 29.3 Å². The topological polar surface area (TPSA) is 86.3 Å². The highest BCUT2D eigenvalue weighted by Crippen LogP contribution is 2.16. The lowest BCUT2D eigenvalue weighted by Gasteiger charge is -2.26. The van der Waals surface area contributed by atoms with Gasteiger partial charge in [-0.1, -0.05) is 12.1 Å². The zero-order valence-corrected chi connectivity index (χ0v) is 16.6. The summed E-state index contributed by atoms with van der Waals surface area (Å²) in [6, 6.07) is 7.52. The second kappa shape index (κ2) is 9.54. The number of amides is 2. The van der Waals surface area contributed by atoms with E-state index in [1.54, 1.807) is 19.1 Å². The van der Waals surface area contributed by atoms with Crippen molar-refractivity contribution in [3.8, 4) is 0 Å². The van der Waals surface area contributed by atoms with Crippen molar-refractivity contribution in [1.29, 1.82) is 0 Å². The predicted octanol–water partition coefficient (Wildman–Crippen LogP) is 0.302. The normalized spacial score (nSPS) is 20.3. The summed E-state index contributed by atoms with van der Waals surface area (Å²) in [4.78, 5) is 32.2. The molecule has 2 aliphatic heterocycles. The molecule has 1 aromatic rings. The van der Waals surface area contributed by atoms with Crippen LogP contribution in [0.25, 0.3) is 0 Å². The van der Waals surface area contributed by atoms with Crippen LogP contribution >= 0.6 is 0 Å². The number of guanidine groups is 1. The second-order valence-electron chi connectivity index (χ2n) is 7.23. The summed E-state index contributed by atoms with van der Waals surface area (Å²) in [5.74, 6) is 1.22. The Hall–Kier alpha value is -2.61. The van der Waals surface area contributed by atoms with Gasteiger partial charge in [0.2, 0.25) is 5.91 Å². The van der Waals surface area contributed by atoms with E-state index in [4.69, 9.17) is 4.74 Å². The molecule has 0 bridgehead atoms. The van der Waals surface area contributed by atoms with E-state index in [-0.39, 0.29) is 18.4 Å². The molecule has 0 saturated carbocycles. The van der Waals surface area contributed by atoms with Crippen molar-refractivity contribution in [2.45, 2.75) is 13.0 Å². The number of rotatable bonds is 5. The van der Waals surface area contributed by atoms with E-state index in [2.05, 4.69) is 20.5 Å². The molecule has 0 aliphatic carbocycles. The number of likely N-dealkylation sites (tertiary alicyclic amines) is 1. The molecular formula is C20H29N5O3. The van der Waals surface area contributed by atoms with Gasteiger partial charge in [0, 0.05) is 58.4 Å². The highest BCUT2D eigenvalue weighted by atomic mass is 16.5. The summed E-state index contributed by atoms with van der Waals surface area (Å²) < 4.78 is 5.26. The highest BCUT2D eigenvalue weighted by Gasteiger charge is 2.25. The summed E-state index contributed by atoms with van der Waals surface area (Å²) in [6.45, 7) is 4.52. The van der Waals surface area contributed by atoms with E-state index in [1.807, 2.05) is 24.3 Å². The Kier molecular flexibility index (Phi) is 6.86. The molecule has 8 nitrogen and oxygen atoms in total. The lowest BCUT2D eigenvalue weighted by Crippen LogP contribution is -2.49. The molecule has 2 N–H and O–H groups in total. The lowest BCUT2D eigenvalue weighted by molar-refractivity contribution is -0.123. The minimum Gasteiger partial charge on any atom is -0.384 e. The first-order chi connectivity index (χ1) is 13.6. The van der Waals surface area contributed by atoms with Crippen molar-refractivity contribution in [3.63, 3.8) is 0 Å². The molecule has 2 amide bonds. The number of hydrogen-bond acceptors (Lipinski definition) is 4. The van der Waals surface area contributed by atoms with Crippen molar-refractivity contribution >= 4 is 17.8 Å². The molecule has 1 aromatic carbocycles. The molecule has 8 heteroatoms. The fourth-order valence-electron chi connectivity index (χ4n) is 3.67. The van der Waals surface area contributed by atoms with Crippen molar-refractivity contribution in [3.05, 3.63) is 35.4 Å². The molecule has 0 radical (unpaired) electrons. The van der Waals surface area contributed by atoms with Crippen LogP contribution in [-0.4, -0.2) is 81.1 Å². The zero-order valence-electron chi connectivity index (χ0n) is 16.6. The smallest absolute Gasteiger partial charge is 0.254 e. The van der Waals surface area contributed by atoms with Crippen LogP contribution in [0.5, 0.6) is 0 Å². The third-order valence-corrected chi connectivity index (χ3v) is 5.18. The maximum absolute atomic E-state index is 12.5. The summed E-state index contributed by atoms with van der Waals surface area (Å²) in [7, 11) is 3.53. The third-order valence-electron chi connectivity index (χ3n) is 5.18. The number of ether oxygens (including phenoxy) is 1. The molecule has 152 valence electrons. The summed E-state index contributed by atoms with van der Waals surface area (Å²) >= 11 is 0. The van der Waals surface area contributed by atoms with Gasteiger partial charge in [-0.2, -0.15) is 0 Å². The molecule has 2 heterocycles. The number of piperazine rings is 1. The van der Waals surface area contributed by atoms with Crippen LogP contribution in [0, 0.1) is 5.92 Å². The Morgan fingerprint density at radius 2 is 2.07 bits per heavy atom. The minimum atomic E-state index is -0.110. The van der Waals surface area contributed by atoms with Gasteiger partial charge in [-0.15, -0.1) is 0 Å². The van der Waals surface area contributed by atoms with E-state index in [0.717, 1.165) is 37.6 Å². The van der Waals surface area contributed by atoms with Gasteiger partial charge in [0.15, 0.2) is 5.96 Å².